The first kappa shape index (κ1) is 51.1. The first-order valence-electron chi connectivity index (χ1n) is 21.1. The summed E-state index contributed by atoms with van der Waals surface area (Å²) >= 11 is 8.61. The molecule has 0 spiro atoms. The molecule has 6 rings (SSSR count). The van der Waals surface area contributed by atoms with Gasteiger partial charge in [0.2, 0.25) is 11.6 Å². The number of benzene rings is 1. The SMILES string of the molecule is [B]OC(=O)[C@H](C)ON=C(C(=O)NC1C(=O)N2C(C(=O)OCc3ccc(OC)cc3)=C(C[n+]3cccc4c3ccn4CCN(C)C(=O)OC(C)(C)C)CSC12)c1nc(NC(=O)OC(C)(C)C)sc1Cl. The van der Waals surface area contributed by atoms with Crippen molar-refractivity contribution in [1.29, 1.82) is 0 Å². The Morgan fingerprint density at radius 2 is 1.76 bits per heavy atom. The Morgan fingerprint density at radius 3 is 2.43 bits per heavy atom. The van der Waals surface area contributed by atoms with Crippen LogP contribution in [0.25, 0.3) is 11.0 Å². The summed E-state index contributed by atoms with van der Waals surface area (Å²) in [5, 5.41) is 8.13. The van der Waals surface area contributed by atoms with Crippen LogP contribution in [0.5, 0.6) is 5.75 Å². The number of rotatable bonds is 16. The van der Waals surface area contributed by atoms with Crippen molar-refractivity contribution in [1.82, 2.24) is 24.7 Å². The van der Waals surface area contributed by atoms with E-state index in [1.165, 1.54) is 28.5 Å². The van der Waals surface area contributed by atoms with Crippen LogP contribution in [0.1, 0.15) is 59.7 Å². The summed E-state index contributed by atoms with van der Waals surface area (Å²) in [5.41, 5.74) is 0.673. The number of amides is 4. The monoisotopic (exact) mass is 993 g/mol. The van der Waals surface area contributed by atoms with E-state index in [0.29, 0.717) is 30.0 Å². The number of methoxy groups -OCH3 is 1. The molecule has 1 aromatic carbocycles. The van der Waals surface area contributed by atoms with Crippen molar-refractivity contribution in [2.24, 2.45) is 5.16 Å². The minimum Gasteiger partial charge on any atom is -0.541 e. The van der Waals surface area contributed by atoms with Gasteiger partial charge in [0, 0.05) is 49.8 Å². The molecule has 20 nitrogen and oxygen atoms in total. The topological polar surface area (TPSA) is 222 Å². The van der Waals surface area contributed by atoms with Gasteiger partial charge in [0.25, 0.3) is 11.8 Å². The number of ether oxygens (including phenoxy) is 4. The number of aromatic nitrogens is 3. The Bertz CT molecular complexity index is 2640. The molecule has 360 valence electrons. The molecule has 5 heterocycles. The Hall–Kier alpha value is -6.33. The normalized spacial score (nSPS) is 16.5. The van der Waals surface area contributed by atoms with E-state index in [1.807, 2.05) is 60.5 Å². The van der Waals surface area contributed by atoms with Gasteiger partial charge in [0.05, 0.1) is 7.11 Å². The number of nitrogens with one attached hydrogen (secondary N) is 2. The Labute approximate surface area is 406 Å². The maximum Gasteiger partial charge on any atom is 0.413 e. The molecular weight excluding hydrogens is 943 g/mol. The van der Waals surface area contributed by atoms with Crippen molar-refractivity contribution in [3.05, 3.63) is 81.7 Å². The number of carbonyl (C=O) groups is 6. The van der Waals surface area contributed by atoms with Gasteiger partial charge in [-0.1, -0.05) is 40.2 Å². The highest BCUT2D eigenvalue weighted by atomic mass is 35.5. The molecule has 2 aliphatic heterocycles. The van der Waals surface area contributed by atoms with Gasteiger partial charge < -0.3 is 43.2 Å². The highest BCUT2D eigenvalue weighted by Crippen LogP contribution is 2.41. The number of thiazole rings is 1. The second-order valence-corrected chi connectivity index (χ2v) is 20.2. The lowest BCUT2D eigenvalue weighted by molar-refractivity contribution is -0.663. The number of anilines is 1. The predicted octanol–water partition coefficient (Wildman–Crippen LogP) is 5.09. The van der Waals surface area contributed by atoms with E-state index in [-0.39, 0.29) is 39.8 Å². The molecule has 0 bridgehead atoms. The molecule has 4 aromatic rings. The van der Waals surface area contributed by atoms with Gasteiger partial charge in [-0.3, -0.25) is 19.8 Å². The Kier molecular flexibility index (Phi) is 16.0. The van der Waals surface area contributed by atoms with Gasteiger partial charge in [-0.2, -0.15) is 4.57 Å². The average Bonchev–Trinajstić information content (AvgIpc) is 3.87. The van der Waals surface area contributed by atoms with Gasteiger partial charge in [-0.15, -0.1) is 11.8 Å². The Balaban J connectivity index is 1.27. The average molecular weight is 994 g/mol. The highest BCUT2D eigenvalue weighted by Gasteiger charge is 2.55. The summed E-state index contributed by atoms with van der Waals surface area (Å²) in [6, 6.07) is 11.5. The number of hydrogen-bond donors (Lipinski definition) is 2. The lowest BCUT2D eigenvalue weighted by Gasteiger charge is -2.49. The summed E-state index contributed by atoms with van der Waals surface area (Å²) in [7, 11) is 8.22. The van der Waals surface area contributed by atoms with Crippen LogP contribution >= 0.6 is 34.7 Å². The van der Waals surface area contributed by atoms with Crippen molar-refractivity contribution in [3.8, 4) is 5.75 Å². The summed E-state index contributed by atoms with van der Waals surface area (Å²) in [4.78, 5) is 92.2. The Morgan fingerprint density at radius 1 is 1.06 bits per heavy atom. The molecule has 68 heavy (non-hydrogen) atoms. The molecule has 1 saturated heterocycles. The molecule has 0 saturated carbocycles. The number of β-lactam (4-membered cyclic amide) rings is 1. The molecule has 2 unspecified atom stereocenters. The summed E-state index contributed by atoms with van der Waals surface area (Å²) in [5.74, 6) is -2.53. The predicted molar refractivity (Wildman–Crippen MR) is 252 cm³/mol. The van der Waals surface area contributed by atoms with E-state index in [9.17, 15) is 28.8 Å². The number of pyridine rings is 1. The smallest absolute Gasteiger partial charge is 0.413 e. The fourth-order valence-corrected chi connectivity index (χ4v) is 9.11. The maximum absolute atomic E-state index is 14.3. The van der Waals surface area contributed by atoms with Crippen molar-refractivity contribution >= 4 is 101 Å². The third-order valence-electron chi connectivity index (χ3n) is 10.00. The largest absolute Gasteiger partial charge is 0.541 e. The molecule has 3 aromatic heterocycles. The quantitative estimate of drug-likeness (QED) is 0.0284. The third-order valence-corrected chi connectivity index (χ3v) is 12.5. The van der Waals surface area contributed by atoms with Crippen LogP contribution in [-0.4, -0.2) is 124 Å². The zero-order valence-corrected chi connectivity index (χ0v) is 41.2. The minimum atomic E-state index is -1.39. The third kappa shape index (κ3) is 12.4. The van der Waals surface area contributed by atoms with Crippen LogP contribution in [0, 0.1) is 0 Å². The second-order valence-electron chi connectivity index (χ2n) is 17.4. The van der Waals surface area contributed by atoms with E-state index in [0.717, 1.165) is 22.4 Å². The zero-order valence-electron chi connectivity index (χ0n) is 38.8. The van der Waals surface area contributed by atoms with Crippen LogP contribution in [0.4, 0.5) is 14.7 Å². The maximum atomic E-state index is 14.3. The molecule has 3 atom stereocenters. The van der Waals surface area contributed by atoms with E-state index in [4.69, 9.17) is 43.4 Å². The molecular formula is C44H51BClN8O12S2+. The fourth-order valence-electron chi connectivity index (χ4n) is 6.74. The zero-order chi connectivity index (χ0) is 49.7. The summed E-state index contributed by atoms with van der Waals surface area (Å²) in [6.45, 7) is 12.6. The van der Waals surface area contributed by atoms with Crippen LogP contribution in [0.3, 0.4) is 0 Å². The lowest BCUT2D eigenvalue weighted by atomic mass is 10.0. The van der Waals surface area contributed by atoms with Crippen LogP contribution in [0.2, 0.25) is 4.34 Å². The number of carbonyl (C=O) groups excluding carboxylic acids is 6. The van der Waals surface area contributed by atoms with Crippen molar-refractivity contribution in [3.63, 3.8) is 0 Å². The summed E-state index contributed by atoms with van der Waals surface area (Å²) in [6.07, 6.45) is 1.10. The number of likely N-dealkylation sites (N-methyl/N-ethyl adjacent to an activating group) is 1. The van der Waals surface area contributed by atoms with Crippen LogP contribution in [0.15, 0.2) is 71.3 Å². The van der Waals surface area contributed by atoms with Crippen molar-refractivity contribution < 1.29 is 61.8 Å². The molecule has 24 heteroatoms. The van der Waals surface area contributed by atoms with Crippen LogP contribution in [-0.2, 0) is 62.6 Å². The fraction of sp³-hybridized carbons (Fsp3) is 0.432. The summed E-state index contributed by atoms with van der Waals surface area (Å²) < 4.78 is 30.0. The number of esters is 1. The number of nitrogens with zero attached hydrogens (tertiary/aromatic N) is 6. The number of hydrogen-bond acceptors (Lipinski definition) is 16. The van der Waals surface area contributed by atoms with Gasteiger partial charge in [0.1, 0.15) is 56.2 Å². The van der Waals surface area contributed by atoms with E-state index < -0.39 is 70.4 Å². The van der Waals surface area contributed by atoms with Gasteiger partial charge >= 0.3 is 32.2 Å². The van der Waals surface area contributed by atoms with Crippen molar-refractivity contribution in [2.75, 3.05) is 31.8 Å². The number of oxime groups is 1. The van der Waals surface area contributed by atoms with E-state index in [2.05, 4.69) is 25.4 Å². The second kappa shape index (κ2) is 21.3. The molecule has 1 fully saturated rings. The first-order valence-corrected chi connectivity index (χ1v) is 23.3. The van der Waals surface area contributed by atoms with Crippen molar-refractivity contribution in [2.45, 2.75) is 96.9 Å². The standard InChI is InChI=1S/C44H50BClN8O12S2/c1-24(38(57)65-45)66-50-31(30-34(46)68-40(48-30)49-41(59)63-43(2,3)4)35(55)47-32-36(56)54-33(39(58)62-22-25-12-14-27(61-9)15-13-25)26(23-67-37(32)54)21-53-17-10-11-28-29(53)16-18-52(28)20-19-51(8)42(60)64-44(5,6)7/h10-18,24,32,37H,19-23H2,1-9H3,(H-,47,48,49,55,59)/p+1/t24-,32?,37?/m0/s1. The van der Waals surface area contributed by atoms with E-state index in [1.54, 1.807) is 59.2 Å². The minimum absolute atomic E-state index is 0.0208. The first-order chi connectivity index (χ1) is 32.1. The number of halogens is 1. The lowest BCUT2D eigenvalue weighted by Crippen LogP contribution is -2.71. The molecule has 0 aliphatic carbocycles. The van der Waals surface area contributed by atoms with E-state index >= 15 is 0 Å². The number of thioether (sulfide) groups is 1. The van der Waals surface area contributed by atoms with Gasteiger partial charge in [-0.25, -0.2) is 24.2 Å². The molecule has 2 radical (unpaired) electrons. The van der Waals surface area contributed by atoms with Crippen LogP contribution < -0.4 is 19.9 Å². The number of fused-ring (bicyclic) bond motifs is 2. The highest BCUT2D eigenvalue weighted by molar-refractivity contribution is 8.00. The van der Waals surface area contributed by atoms with Gasteiger partial charge in [0.15, 0.2) is 23.6 Å². The molecule has 2 aliphatic rings. The van der Waals surface area contributed by atoms with Gasteiger partial charge in [-0.05, 0) is 72.2 Å². The molecule has 2 N–H and O–H groups in total. The molecule has 4 amide bonds.